The number of rotatable bonds is 4. The fraction of sp³-hybridized carbons (Fsp3) is 0.667. The first-order chi connectivity index (χ1) is 8.88. The van der Waals surface area contributed by atoms with Crippen molar-refractivity contribution in [1.82, 2.24) is 10.2 Å². The van der Waals surface area contributed by atoms with Gasteiger partial charge in [0.1, 0.15) is 0 Å². The van der Waals surface area contributed by atoms with Crippen molar-refractivity contribution in [3.8, 4) is 0 Å². The van der Waals surface area contributed by atoms with Gasteiger partial charge in [-0.1, -0.05) is 13.3 Å². The van der Waals surface area contributed by atoms with Gasteiger partial charge < -0.3 is 5.32 Å². The van der Waals surface area contributed by atoms with Crippen molar-refractivity contribution >= 4 is 12.0 Å². The largest absolute Gasteiger partial charge is 0.447 e. The van der Waals surface area contributed by atoms with Gasteiger partial charge in [-0.15, -0.1) is 0 Å². The molecule has 0 radical (unpaired) electrons. The molecule has 7 heteroatoms. The van der Waals surface area contributed by atoms with E-state index in [1.54, 1.807) is 12.4 Å². The van der Waals surface area contributed by atoms with Crippen LogP contribution in [0.4, 0.5) is 4.79 Å². The minimum atomic E-state index is -0.780. The van der Waals surface area contributed by atoms with Gasteiger partial charge in [0.15, 0.2) is 0 Å². The molecular formula is C12H21N4O3+. The molecule has 1 aliphatic rings. The molecule has 19 heavy (non-hydrogen) atoms. The Bertz CT molecular complexity index is 415. The fourth-order valence-electron chi connectivity index (χ4n) is 1.43. The molecule has 1 rings (SSSR count). The zero-order valence-corrected chi connectivity index (χ0v) is 11.8. The Morgan fingerprint density at radius 3 is 2.68 bits per heavy atom. The molecule has 0 atom stereocenters. The lowest BCUT2D eigenvalue weighted by Gasteiger charge is -2.13. The zero-order chi connectivity index (χ0) is 14.5. The van der Waals surface area contributed by atoms with E-state index >= 15 is 0 Å². The molecule has 1 N–H and O–H groups in total. The normalized spacial score (nSPS) is 18.2. The van der Waals surface area contributed by atoms with E-state index in [0.29, 0.717) is 6.42 Å². The van der Waals surface area contributed by atoms with Gasteiger partial charge >= 0.3 is 6.09 Å². The van der Waals surface area contributed by atoms with Gasteiger partial charge in [-0.2, -0.15) is 0 Å². The van der Waals surface area contributed by atoms with Crippen molar-refractivity contribution in [2.24, 2.45) is 5.28 Å². The van der Waals surface area contributed by atoms with Crippen LogP contribution in [0.3, 0.4) is 0 Å². The van der Waals surface area contributed by atoms with Gasteiger partial charge in [0, 0.05) is 27.3 Å². The van der Waals surface area contributed by atoms with E-state index in [1.807, 2.05) is 20.8 Å². The topological polar surface area (TPSA) is 74.0 Å². The summed E-state index contributed by atoms with van der Waals surface area (Å²) in [5, 5.41) is 6.73. The second-order valence-electron chi connectivity index (χ2n) is 4.86. The van der Waals surface area contributed by atoms with Crippen molar-refractivity contribution < 1.29 is 19.1 Å². The summed E-state index contributed by atoms with van der Waals surface area (Å²) < 4.78 is 1.47. The molecule has 0 saturated carbocycles. The van der Waals surface area contributed by atoms with Crippen LogP contribution in [0.5, 0.6) is 0 Å². The van der Waals surface area contributed by atoms with Crippen LogP contribution in [0, 0.1) is 0 Å². The Morgan fingerprint density at radius 2 is 2.16 bits per heavy atom. The molecule has 0 aromatic carbocycles. The van der Waals surface area contributed by atoms with E-state index in [9.17, 15) is 9.59 Å². The number of nitrogens with one attached hydrogen (secondary N) is 1. The molecule has 0 aliphatic carbocycles. The molecule has 0 saturated heterocycles. The monoisotopic (exact) mass is 269 g/mol. The third-order valence-electron chi connectivity index (χ3n) is 2.82. The Hall–Kier alpha value is -1.92. The van der Waals surface area contributed by atoms with Crippen LogP contribution in [0.15, 0.2) is 17.7 Å². The van der Waals surface area contributed by atoms with Crippen LogP contribution in [-0.2, 0) is 9.63 Å². The summed E-state index contributed by atoms with van der Waals surface area (Å²) in [6.07, 6.45) is 4.55. The summed E-state index contributed by atoms with van der Waals surface area (Å²) in [6, 6.07) is 0. The zero-order valence-electron chi connectivity index (χ0n) is 11.8. The Balaban J connectivity index is 2.53. The number of hydrogen-bond donors (Lipinski definition) is 1. The van der Waals surface area contributed by atoms with Crippen LogP contribution in [-0.4, -0.2) is 34.3 Å². The van der Waals surface area contributed by atoms with Crippen LogP contribution in [0.1, 0.15) is 40.0 Å². The highest BCUT2D eigenvalue weighted by molar-refractivity contribution is 5.91. The van der Waals surface area contributed by atoms with E-state index in [0.717, 1.165) is 17.7 Å². The standard InChI is InChI=1S/C12H21N4O3/c1-5-6-7-10(17)15(4)11(18)19-14-16-9-8-13-12(16,2)3/h8-9,13H,5-7H2,1-4H3/q+1. The summed E-state index contributed by atoms with van der Waals surface area (Å²) in [7, 11) is 1.39. The molecule has 1 heterocycles. The Kier molecular flexibility index (Phi) is 5.02. The molecule has 0 spiro atoms. The van der Waals surface area contributed by atoms with Crippen molar-refractivity contribution in [3.63, 3.8) is 0 Å². The predicted molar refractivity (Wildman–Crippen MR) is 67.8 cm³/mol. The Labute approximate surface area is 112 Å². The maximum Gasteiger partial charge on any atom is 0.447 e. The average Bonchev–Trinajstić information content (AvgIpc) is 2.71. The summed E-state index contributed by atoms with van der Waals surface area (Å²) in [6.45, 7) is 5.73. The predicted octanol–water partition coefficient (Wildman–Crippen LogP) is 1.96. The molecule has 106 valence electrons. The number of hydrogen-bond acceptors (Lipinski definition) is 5. The van der Waals surface area contributed by atoms with E-state index in [4.69, 9.17) is 4.84 Å². The highest BCUT2D eigenvalue weighted by atomic mass is 16.7. The average molecular weight is 269 g/mol. The number of carbonyl (C=O) groups excluding carboxylic acids is 2. The van der Waals surface area contributed by atoms with Gasteiger partial charge in [0.2, 0.25) is 17.4 Å². The van der Waals surface area contributed by atoms with Crippen LogP contribution >= 0.6 is 0 Å². The van der Waals surface area contributed by atoms with Gasteiger partial charge in [-0.3, -0.25) is 4.79 Å². The number of nitrogens with zero attached hydrogens (tertiary/aromatic N) is 3. The molecule has 0 aromatic heterocycles. The van der Waals surface area contributed by atoms with Gasteiger partial charge in [-0.05, 0) is 11.1 Å². The van der Waals surface area contributed by atoms with Crippen molar-refractivity contribution in [3.05, 3.63) is 12.4 Å². The fourth-order valence-corrected chi connectivity index (χ4v) is 1.43. The van der Waals surface area contributed by atoms with Crippen molar-refractivity contribution in [2.75, 3.05) is 7.05 Å². The maximum atomic E-state index is 11.6. The van der Waals surface area contributed by atoms with E-state index < -0.39 is 11.8 Å². The quantitative estimate of drug-likeness (QED) is 0.625. The molecule has 0 bridgehead atoms. The lowest BCUT2D eigenvalue weighted by atomic mass is 10.2. The summed E-state index contributed by atoms with van der Waals surface area (Å²) in [4.78, 5) is 28.9. The molecule has 2 amide bonds. The minimum absolute atomic E-state index is 0.267. The highest BCUT2D eigenvalue weighted by Gasteiger charge is 2.35. The van der Waals surface area contributed by atoms with Crippen LogP contribution in [0.2, 0.25) is 0 Å². The minimum Gasteiger partial charge on any atom is -0.325 e. The van der Waals surface area contributed by atoms with Crippen LogP contribution in [0.25, 0.3) is 0 Å². The third kappa shape index (κ3) is 4.04. The second-order valence-corrected chi connectivity index (χ2v) is 4.86. The lowest BCUT2D eigenvalue weighted by molar-refractivity contribution is -0.617. The molecule has 1 aliphatic heterocycles. The summed E-state index contributed by atoms with van der Waals surface area (Å²) >= 11 is 0. The smallest absolute Gasteiger partial charge is 0.325 e. The molecule has 0 unspecified atom stereocenters. The summed E-state index contributed by atoms with van der Waals surface area (Å²) in [5.41, 5.74) is -0.453. The second kappa shape index (κ2) is 6.31. The lowest BCUT2D eigenvalue weighted by Crippen LogP contribution is -2.40. The number of unbranched alkanes of at least 4 members (excludes halogenated alkanes) is 1. The number of amides is 2. The van der Waals surface area contributed by atoms with Crippen molar-refractivity contribution in [1.29, 1.82) is 0 Å². The molecule has 0 fully saturated rings. The third-order valence-corrected chi connectivity index (χ3v) is 2.82. The molecule has 7 nitrogen and oxygen atoms in total. The highest BCUT2D eigenvalue weighted by Crippen LogP contribution is 2.12. The molecular weight excluding hydrogens is 248 g/mol. The van der Waals surface area contributed by atoms with Gasteiger partial charge in [0.05, 0.1) is 6.20 Å². The van der Waals surface area contributed by atoms with Gasteiger partial charge in [0.25, 0.3) is 5.66 Å². The first-order valence-corrected chi connectivity index (χ1v) is 6.30. The first-order valence-electron chi connectivity index (χ1n) is 6.30. The van der Waals surface area contributed by atoms with E-state index in [-0.39, 0.29) is 5.91 Å². The molecule has 0 aromatic rings. The Morgan fingerprint density at radius 1 is 1.47 bits per heavy atom. The number of imide groups is 1. The van der Waals surface area contributed by atoms with E-state index in [2.05, 4.69) is 10.6 Å². The van der Waals surface area contributed by atoms with Crippen molar-refractivity contribution in [2.45, 2.75) is 45.7 Å². The number of carbonyl (C=O) groups is 2. The van der Waals surface area contributed by atoms with E-state index in [1.165, 1.54) is 11.7 Å². The maximum absolute atomic E-state index is 11.6. The SMILES string of the molecule is CCCCC(=O)N(C)C(=O)ON=[N+]1C=CNC1(C)C. The van der Waals surface area contributed by atoms with Crippen LogP contribution < -0.4 is 5.32 Å². The first kappa shape index (κ1) is 15.1. The summed E-state index contributed by atoms with van der Waals surface area (Å²) in [5.74, 6) is -0.267. The van der Waals surface area contributed by atoms with Gasteiger partial charge in [-0.25, -0.2) is 14.5 Å².